The number of Topliss-reactive ketones (excluding diaryl/α,β-unsaturated/α-hetero) is 1. The summed E-state index contributed by atoms with van der Waals surface area (Å²) < 4.78 is 10.8. The molecule has 0 spiro atoms. The van der Waals surface area contributed by atoms with Crippen LogP contribution in [0, 0.1) is 0 Å². The number of nitrogens with one attached hydrogen (secondary N) is 1. The molecule has 1 atom stereocenters. The lowest BCUT2D eigenvalue weighted by molar-refractivity contribution is -0.122. The third-order valence-corrected chi connectivity index (χ3v) is 4.86. The largest absolute Gasteiger partial charge is 0.496 e. The number of amides is 1. The van der Waals surface area contributed by atoms with Gasteiger partial charge in [-0.25, -0.2) is 0 Å². The zero-order valence-corrected chi connectivity index (χ0v) is 16.3. The van der Waals surface area contributed by atoms with E-state index in [2.05, 4.69) is 5.32 Å². The van der Waals surface area contributed by atoms with E-state index in [4.69, 9.17) is 32.7 Å². The van der Waals surface area contributed by atoms with Crippen LogP contribution in [0.3, 0.4) is 0 Å². The van der Waals surface area contributed by atoms with Gasteiger partial charge in [0.15, 0.2) is 5.78 Å². The second-order valence-electron chi connectivity index (χ2n) is 6.21. The fraction of sp³-hybridized carbons (Fsp3) is 0.300. The standard InChI is InChI=1S/C20H19Cl2NO4/c1-26-18-5-2-13(22)11-15(18)17(24)4-7-20(25)23-16-8-9-27-19-6-3-12(21)10-14(16)19/h2-3,5-6,10-11,16H,4,7-9H2,1H3,(H,23,25). The minimum atomic E-state index is -0.206. The predicted molar refractivity (Wildman–Crippen MR) is 104 cm³/mol. The molecule has 1 amide bonds. The third-order valence-electron chi connectivity index (χ3n) is 4.39. The van der Waals surface area contributed by atoms with E-state index in [1.807, 2.05) is 0 Å². The van der Waals surface area contributed by atoms with Gasteiger partial charge in [0, 0.05) is 34.9 Å². The third kappa shape index (κ3) is 4.73. The van der Waals surface area contributed by atoms with Crippen LogP contribution in [0.2, 0.25) is 10.0 Å². The maximum absolute atomic E-state index is 12.5. The van der Waals surface area contributed by atoms with E-state index in [1.165, 1.54) is 7.11 Å². The van der Waals surface area contributed by atoms with Crippen molar-refractivity contribution < 1.29 is 19.1 Å². The number of carbonyl (C=O) groups excluding carboxylic acids is 2. The van der Waals surface area contributed by atoms with Crippen LogP contribution in [-0.4, -0.2) is 25.4 Å². The molecule has 2 aromatic carbocycles. The molecule has 3 rings (SSSR count). The van der Waals surface area contributed by atoms with Gasteiger partial charge < -0.3 is 14.8 Å². The van der Waals surface area contributed by atoms with Crippen LogP contribution in [0.4, 0.5) is 0 Å². The summed E-state index contributed by atoms with van der Waals surface area (Å²) in [5, 5.41) is 3.99. The van der Waals surface area contributed by atoms with E-state index >= 15 is 0 Å². The average Bonchev–Trinajstić information content (AvgIpc) is 2.66. The highest BCUT2D eigenvalue weighted by molar-refractivity contribution is 6.31. The van der Waals surface area contributed by atoms with Crippen LogP contribution in [0.5, 0.6) is 11.5 Å². The van der Waals surface area contributed by atoms with Crippen LogP contribution in [0.1, 0.15) is 41.2 Å². The molecule has 0 aromatic heterocycles. The summed E-state index contributed by atoms with van der Waals surface area (Å²) in [5.74, 6) is 0.760. The summed E-state index contributed by atoms with van der Waals surface area (Å²) in [7, 11) is 1.49. The van der Waals surface area contributed by atoms with Crippen molar-refractivity contribution in [3.8, 4) is 11.5 Å². The number of hydrogen-bond donors (Lipinski definition) is 1. The van der Waals surface area contributed by atoms with E-state index in [0.29, 0.717) is 34.4 Å². The molecule has 0 fully saturated rings. The van der Waals surface area contributed by atoms with Crippen molar-refractivity contribution in [3.05, 3.63) is 57.6 Å². The van der Waals surface area contributed by atoms with Crippen molar-refractivity contribution in [1.29, 1.82) is 0 Å². The lowest BCUT2D eigenvalue weighted by Gasteiger charge is -2.27. The lowest BCUT2D eigenvalue weighted by atomic mass is 10.00. The molecule has 27 heavy (non-hydrogen) atoms. The summed E-state index contributed by atoms with van der Waals surface area (Å²) in [6, 6.07) is 10.00. The first-order valence-electron chi connectivity index (χ1n) is 8.56. The van der Waals surface area contributed by atoms with Crippen molar-refractivity contribution in [2.75, 3.05) is 13.7 Å². The highest BCUT2D eigenvalue weighted by atomic mass is 35.5. The van der Waals surface area contributed by atoms with E-state index in [-0.39, 0.29) is 30.6 Å². The molecule has 0 saturated carbocycles. The van der Waals surface area contributed by atoms with Crippen LogP contribution in [-0.2, 0) is 4.79 Å². The molecule has 1 N–H and O–H groups in total. The number of halogens is 2. The summed E-state index contributed by atoms with van der Waals surface area (Å²) in [5.41, 5.74) is 1.23. The molecule has 1 heterocycles. The smallest absolute Gasteiger partial charge is 0.220 e. The quantitative estimate of drug-likeness (QED) is 0.710. The van der Waals surface area contributed by atoms with Crippen molar-refractivity contribution in [1.82, 2.24) is 5.32 Å². The first-order chi connectivity index (χ1) is 13.0. The van der Waals surface area contributed by atoms with Gasteiger partial charge in [0.2, 0.25) is 5.91 Å². The monoisotopic (exact) mass is 407 g/mol. The molecule has 0 aliphatic carbocycles. The average molecular weight is 408 g/mol. The summed E-state index contributed by atoms with van der Waals surface area (Å²) in [6.45, 7) is 0.512. The Labute approximate surface area is 167 Å². The molecule has 1 aliphatic heterocycles. The molecular weight excluding hydrogens is 389 g/mol. The number of benzene rings is 2. The minimum Gasteiger partial charge on any atom is -0.496 e. The minimum absolute atomic E-state index is 0.0636. The van der Waals surface area contributed by atoms with Crippen molar-refractivity contribution in [3.63, 3.8) is 0 Å². The normalized spacial score (nSPS) is 15.4. The number of hydrogen-bond acceptors (Lipinski definition) is 4. The molecule has 0 saturated heterocycles. The Morgan fingerprint density at radius 1 is 1.15 bits per heavy atom. The number of carbonyl (C=O) groups is 2. The Kier molecular flexibility index (Phi) is 6.24. The molecule has 0 bridgehead atoms. The molecule has 7 heteroatoms. The van der Waals surface area contributed by atoms with E-state index in [0.717, 1.165) is 11.3 Å². The Morgan fingerprint density at radius 3 is 2.67 bits per heavy atom. The van der Waals surface area contributed by atoms with Gasteiger partial charge in [-0.2, -0.15) is 0 Å². The number of fused-ring (bicyclic) bond motifs is 1. The van der Waals surface area contributed by atoms with Gasteiger partial charge in [0.1, 0.15) is 11.5 Å². The van der Waals surface area contributed by atoms with E-state index in [9.17, 15) is 9.59 Å². The predicted octanol–water partition coefficient (Wildman–Crippen LogP) is 4.60. The number of ketones is 1. The molecule has 142 valence electrons. The second-order valence-corrected chi connectivity index (χ2v) is 7.08. The van der Waals surface area contributed by atoms with E-state index in [1.54, 1.807) is 36.4 Å². The van der Waals surface area contributed by atoms with Gasteiger partial charge >= 0.3 is 0 Å². The fourth-order valence-electron chi connectivity index (χ4n) is 3.04. The molecule has 0 radical (unpaired) electrons. The maximum atomic E-state index is 12.5. The Morgan fingerprint density at radius 2 is 1.89 bits per heavy atom. The molecule has 5 nitrogen and oxygen atoms in total. The topological polar surface area (TPSA) is 64.6 Å². The summed E-state index contributed by atoms with van der Waals surface area (Å²) in [6.07, 6.45) is 0.783. The van der Waals surface area contributed by atoms with Crippen LogP contribution in [0.15, 0.2) is 36.4 Å². The van der Waals surface area contributed by atoms with Gasteiger partial charge in [0.25, 0.3) is 0 Å². The number of ether oxygens (including phenoxy) is 2. The second kappa shape index (κ2) is 8.63. The van der Waals surface area contributed by atoms with Gasteiger partial charge in [0.05, 0.1) is 25.3 Å². The molecule has 2 aromatic rings. The van der Waals surface area contributed by atoms with Crippen LogP contribution < -0.4 is 14.8 Å². The fourth-order valence-corrected chi connectivity index (χ4v) is 3.39. The summed E-state index contributed by atoms with van der Waals surface area (Å²) in [4.78, 5) is 24.8. The first kappa shape index (κ1) is 19.5. The van der Waals surface area contributed by atoms with E-state index < -0.39 is 0 Å². The SMILES string of the molecule is COc1ccc(Cl)cc1C(=O)CCC(=O)NC1CCOc2ccc(Cl)cc21. The Bertz CT molecular complexity index is 869. The highest BCUT2D eigenvalue weighted by Crippen LogP contribution is 2.34. The van der Waals surface area contributed by atoms with Crippen molar-refractivity contribution in [2.24, 2.45) is 0 Å². The maximum Gasteiger partial charge on any atom is 0.220 e. The Hall–Kier alpha value is -2.24. The lowest BCUT2D eigenvalue weighted by Crippen LogP contribution is -2.32. The van der Waals surface area contributed by atoms with Gasteiger partial charge in [-0.1, -0.05) is 23.2 Å². The number of rotatable bonds is 6. The molecule has 1 aliphatic rings. The van der Waals surface area contributed by atoms with Gasteiger partial charge in [-0.15, -0.1) is 0 Å². The number of methoxy groups -OCH3 is 1. The van der Waals surface area contributed by atoms with Crippen molar-refractivity contribution in [2.45, 2.75) is 25.3 Å². The van der Waals surface area contributed by atoms with Crippen LogP contribution in [0.25, 0.3) is 0 Å². The Balaban J connectivity index is 1.62. The first-order valence-corrected chi connectivity index (χ1v) is 9.32. The van der Waals surface area contributed by atoms with Crippen molar-refractivity contribution >= 4 is 34.9 Å². The molecular formula is C20H19Cl2NO4. The zero-order valence-electron chi connectivity index (χ0n) is 14.8. The van der Waals surface area contributed by atoms with Crippen LogP contribution >= 0.6 is 23.2 Å². The van der Waals surface area contributed by atoms with Gasteiger partial charge in [-0.05, 0) is 36.4 Å². The molecule has 1 unspecified atom stereocenters. The van der Waals surface area contributed by atoms with Gasteiger partial charge in [-0.3, -0.25) is 9.59 Å². The zero-order chi connectivity index (χ0) is 19.4. The highest BCUT2D eigenvalue weighted by Gasteiger charge is 2.24. The summed E-state index contributed by atoms with van der Waals surface area (Å²) >= 11 is 12.0.